The maximum absolute atomic E-state index is 12.5. The highest BCUT2D eigenvalue weighted by atomic mass is 32.1. The highest BCUT2D eigenvalue weighted by Gasteiger charge is 2.27. The van der Waals surface area contributed by atoms with E-state index in [1.807, 2.05) is 38.1 Å². The van der Waals surface area contributed by atoms with E-state index < -0.39 is 12.0 Å². The van der Waals surface area contributed by atoms with Crippen molar-refractivity contribution in [2.45, 2.75) is 39.8 Å². The summed E-state index contributed by atoms with van der Waals surface area (Å²) < 4.78 is 10.5. The van der Waals surface area contributed by atoms with Gasteiger partial charge in [0.25, 0.3) is 11.8 Å². The second kappa shape index (κ2) is 9.47. The molecule has 0 aliphatic rings. The fourth-order valence-electron chi connectivity index (χ4n) is 2.66. The molecule has 0 saturated heterocycles. The second-order valence-electron chi connectivity index (χ2n) is 6.84. The lowest BCUT2D eigenvalue weighted by atomic mass is 10.0. The fraction of sp³-hybridized carbons (Fsp3) is 0.333. The zero-order chi connectivity index (χ0) is 20.8. The largest absolute Gasteiger partial charge is 0.454 e. The third-order valence-corrected chi connectivity index (χ3v) is 5.25. The number of aromatic nitrogens is 2. The molecule has 1 amide bonds. The number of thiophene rings is 1. The van der Waals surface area contributed by atoms with Gasteiger partial charge in [-0.05, 0) is 29.3 Å². The number of carbonyl (C=O) groups excluding carboxylic acids is 2. The van der Waals surface area contributed by atoms with Gasteiger partial charge in [-0.25, -0.2) is 4.79 Å². The Labute approximate surface area is 173 Å². The number of rotatable bonds is 8. The number of hydrogen-bond acceptors (Lipinski definition) is 7. The summed E-state index contributed by atoms with van der Waals surface area (Å²) >= 11 is 1.31. The van der Waals surface area contributed by atoms with Crippen molar-refractivity contribution in [1.82, 2.24) is 15.5 Å². The minimum absolute atomic E-state index is 0.137. The average Bonchev–Trinajstić information content (AvgIpc) is 3.42. The molecule has 3 aromatic rings. The number of benzene rings is 1. The minimum atomic E-state index is -0.770. The highest BCUT2D eigenvalue weighted by molar-refractivity contribution is 7.12. The number of amides is 1. The van der Waals surface area contributed by atoms with Crippen molar-refractivity contribution in [3.05, 3.63) is 58.1 Å². The van der Waals surface area contributed by atoms with Crippen LogP contribution in [-0.4, -0.2) is 28.1 Å². The van der Waals surface area contributed by atoms with E-state index in [4.69, 9.17) is 9.26 Å². The van der Waals surface area contributed by atoms with E-state index in [0.29, 0.717) is 10.7 Å². The zero-order valence-electron chi connectivity index (χ0n) is 16.5. The molecule has 0 spiro atoms. The van der Waals surface area contributed by atoms with Crippen LogP contribution in [0, 0.1) is 5.92 Å². The van der Waals surface area contributed by atoms with E-state index in [1.54, 1.807) is 17.5 Å². The van der Waals surface area contributed by atoms with Gasteiger partial charge in [0.15, 0.2) is 6.61 Å². The predicted octanol–water partition coefficient (Wildman–Crippen LogP) is 3.86. The Morgan fingerprint density at radius 2 is 1.97 bits per heavy atom. The van der Waals surface area contributed by atoms with E-state index in [0.717, 1.165) is 12.0 Å². The Morgan fingerprint density at radius 1 is 1.21 bits per heavy atom. The fourth-order valence-corrected chi connectivity index (χ4v) is 3.29. The van der Waals surface area contributed by atoms with E-state index in [2.05, 4.69) is 22.4 Å². The second-order valence-corrected chi connectivity index (χ2v) is 7.79. The third kappa shape index (κ3) is 5.29. The van der Waals surface area contributed by atoms with Crippen molar-refractivity contribution in [2.24, 2.45) is 5.92 Å². The quantitative estimate of drug-likeness (QED) is 0.564. The molecule has 7 nitrogen and oxygen atoms in total. The first-order valence-electron chi connectivity index (χ1n) is 9.40. The van der Waals surface area contributed by atoms with Crippen LogP contribution in [0.1, 0.15) is 41.9 Å². The molecule has 0 aliphatic carbocycles. The average molecular weight is 413 g/mol. The van der Waals surface area contributed by atoms with Gasteiger partial charge in [-0.1, -0.05) is 56.3 Å². The van der Waals surface area contributed by atoms with E-state index in [-0.39, 0.29) is 24.3 Å². The maximum atomic E-state index is 12.5. The summed E-state index contributed by atoms with van der Waals surface area (Å²) in [6, 6.07) is 10.6. The summed E-state index contributed by atoms with van der Waals surface area (Å²) in [6.45, 7) is 5.61. The van der Waals surface area contributed by atoms with Crippen LogP contribution in [-0.2, 0) is 22.6 Å². The van der Waals surface area contributed by atoms with Crippen molar-refractivity contribution in [2.75, 3.05) is 0 Å². The van der Waals surface area contributed by atoms with Crippen LogP contribution in [0.5, 0.6) is 0 Å². The van der Waals surface area contributed by atoms with Gasteiger partial charge in [0.2, 0.25) is 5.82 Å². The summed E-state index contributed by atoms with van der Waals surface area (Å²) in [4.78, 5) is 29.6. The first-order chi connectivity index (χ1) is 14.0. The lowest BCUT2D eigenvalue weighted by Crippen LogP contribution is -2.45. The highest BCUT2D eigenvalue weighted by Crippen LogP contribution is 2.17. The van der Waals surface area contributed by atoms with Gasteiger partial charge >= 0.3 is 5.97 Å². The van der Waals surface area contributed by atoms with Gasteiger partial charge in [0.05, 0.1) is 4.88 Å². The van der Waals surface area contributed by atoms with Crippen LogP contribution in [0.4, 0.5) is 0 Å². The van der Waals surface area contributed by atoms with Crippen LogP contribution in [0.3, 0.4) is 0 Å². The van der Waals surface area contributed by atoms with Gasteiger partial charge in [0.1, 0.15) is 6.04 Å². The molecular formula is C21H23N3O4S. The maximum Gasteiger partial charge on any atom is 0.329 e. The van der Waals surface area contributed by atoms with Crippen LogP contribution < -0.4 is 5.32 Å². The Morgan fingerprint density at radius 3 is 2.59 bits per heavy atom. The first-order valence-corrected chi connectivity index (χ1v) is 10.3. The molecular weight excluding hydrogens is 390 g/mol. The van der Waals surface area contributed by atoms with Crippen molar-refractivity contribution in [1.29, 1.82) is 0 Å². The smallest absolute Gasteiger partial charge is 0.329 e. The van der Waals surface area contributed by atoms with Crippen LogP contribution >= 0.6 is 11.3 Å². The zero-order valence-corrected chi connectivity index (χ0v) is 17.4. The molecule has 0 saturated carbocycles. The van der Waals surface area contributed by atoms with Crippen LogP contribution in [0.25, 0.3) is 11.4 Å². The Balaban J connectivity index is 1.59. The summed E-state index contributed by atoms with van der Waals surface area (Å²) in [5, 5.41) is 8.47. The Bertz CT molecular complexity index is 949. The SMILES string of the molecule is CCc1ccc(-c2noc(COC(=O)[C@H](NC(=O)c3cccs3)C(C)C)n2)cc1. The van der Waals surface area contributed by atoms with Crippen molar-refractivity contribution in [3.8, 4) is 11.4 Å². The van der Waals surface area contributed by atoms with Gasteiger partial charge in [-0.3, -0.25) is 4.79 Å². The van der Waals surface area contributed by atoms with Gasteiger partial charge < -0.3 is 14.6 Å². The normalized spacial score (nSPS) is 12.0. The van der Waals surface area contributed by atoms with Crippen LogP contribution in [0.15, 0.2) is 46.3 Å². The standard InChI is InChI=1S/C21H23N3O4S/c1-4-14-7-9-15(10-8-14)19-22-17(28-24-19)12-27-21(26)18(13(2)3)23-20(25)16-6-5-11-29-16/h5-11,13,18H,4,12H2,1-3H3,(H,23,25)/t18-/m1/s1. The predicted molar refractivity (Wildman–Crippen MR) is 109 cm³/mol. The van der Waals surface area contributed by atoms with Gasteiger partial charge in [0, 0.05) is 5.56 Å². The molecule has 2 heterocycles. The summed E-state index contributed by atoms with van der Waals surface area (Å²) in [7, 11) is 0. The molecule has 0 bridgehead atoms. The number of ether oxygens (including phenoxy) is 1. The molecule has 0 unspecified atom stereocenters. The monoisotopic (exact) mass is 413 g/mol. The number of nitrogens with zero attached hydrogens (tertiary/aromatic N) is 2. The number of hydrogen-bond donors (Lipinski definition) is 1. The van der Waals surface area contributed by atoms with Crippen molar-refractivity contribution < 1.29 is 18.8 Å². The number of aryl methyl sites for hydroxylation is 1. The molecule has 1 aromatic carbocycles. The molecule has 8 heteroatoms. The molecule has 152 valence electrons. The topological polar surface area (TPSA) is 94.3 Å². The summed E-state index contributed by atoms with van der Waals surface area (Å²) in [5.41, 5.74) is 2.04. The third-order valence-electron chi connectivity index (χ3n) is 4.38. The van der Waals surface area contributed by atoms with E-state index in [1.165, 1.54) is 16.9 Å². The molecule has 0 radical (unpaired) electrons. The Kier molecular flexibility index (Phi) is 6.77. The lowest BCUT2D eigenvalue weighted by molar-refractivity contribution is -0.149. The molecule has 29 heavy (non-hydrogen) atoms. The summed E-state index contributed by atoms with van der Waals surface area (Å²) in [6.07, 6.45) is 0.952. The Hall–Kier alpha value is -3.00. The minimum Gasteiger partial charge on any atom is -0.454 e. The number of nitrogens with one attached hydrogen (secondary N) is 1. The molecule has 1 N–H and O–H groups in total. The molecule has 3 rings (SSSR count). The van der Waals surface area contributed by atoms with Gasteiger partial charge in [-0.15, -0.1) is 11.3 Å². The molecule has 0 fully saturated rings. The molecule has 2 aromatic heterocycles. The lowest BCUT2D eigenvalue weighted by Gasteiger charge is -2.20. The number of esters is 1. The van der Waals surface area contributed by atoms with E-state index >= 15 is 0 Å². The van der Waals surface area contributed by atoms with Crippen molar-refractivity contribution in [3.63, 3.8) is 0 Å². The van der Waals surface area contributed by atoms with E-state index in [9.17, 15) is 9.59 Å². The van der Waals surface area contributed by atoms with Crippen LogP contribution in [0.2, 0.25) is 0 Å². The molecule has 0 aliphatic heterocycles. The first kappa shape index (κ1) is 20.7. The van der Waals surface area contributed by atoms with Crippen molar-refractivity contribution >= 4 is 23.2 Å². The van der Waals surface area contributed by atoms with Gasteiger partial charge in [-0.2, -0.15) is 4.98 Å². The molecule has 1 atom stereocenters. The number of carbonyl (C=O) groups is 2. The summed E-state index contributed by atoms with van der Waals surface area (Å²) in [5.74, 6) is -0.352.